The maximum Gasteiger partial charge on any atom is 0.213 e. The monoisotopic (exact) mass is 302 g/mol. The summed E-state index contributed by atoms with van der Waals surface area (Å²) in [6.45, 7) is 2.97. The van der Waals surface area contributed by atoms with Gasteiger partial charge in [-0.25, -0.2) is 4.98 Å². The molecular weight excluding hydrogens is 280 g/mol. The van der Waals surface area contributed by atoms with E-state index in [0.717, 1.165) is 42.5 Å². The standard InChI is InChI=1S/C16H22N4O2/c1-22-14-3-2-13-15(20-14)12(4-7-19-13)10-18-11-16(21)5-8-17-9-6-16/h2-4,7,17-18,21H,5-6,8-11H2,1H3. The van der Waals surface area contributed by atoms with Crippen LogP contribution < -0.4 is 15.4 Å². The summed E-state index contributed by atoms with van der Waals surface area (Å²) in [5, 5.41) is 17.1. The number of fused-ring (bicyclic) bond motifs is 1. The van der Waals surface area contributed by atoms with Crippen LogP contribution in [0.1, 0.15) is 18.4 Å². The first-order valence-electron chi connectivity index (χ1n) is 7.63. The molecule has 0 saturated carbocycles. The van der Waals surface area contributed by atoms with Crippen LogP contribution in [0.2, 0.25) is 0 Å². The average molecular weight is 302 g/mol. The molecule has 0 amide bonds. The molecule has 0 unspecified atom stereocenters. The summed E-state index contributed by atoms with van der Waals surface area (Å²) >= 11 is 0. The highest BCUT2D eigenvalue weighted by Gasteiger charge is 2.28. The lowest BCUT2D eigenvalue weighted by molar-refractivity contribution is 0.0109. The van der Waals surface area contributed by atoms with Gasteiger partial charge >= 0.3 is 0 Å². The zero-order valence-electron chi connectivity index (χ0n) is 12.8. The Morgan fingerprint density at radius 3 is 2.91 bits per heavy atom. The topological polar surface area (TPSA) is 79.3 Å². The van der Waals surface area contributed by atoms with Crippen molar-refractivity contribution in [3.63, 3.8) is 0 Å². The molecule has 3 heterocycles. The first kappa shape index (κ1) is 15.1. The van der Waals surface area contributed by atoms with E-state index in [0.29, 0.717) is 19.0 Å². The molecule has 0 bridgehead atoms. The van der Waals surface area contributed by atoms with Gasteiger partial charge in [-0.1, -0.05) is 0 Å². The number of ether oxygens (including phenoxy) is 1. The van der Waals surface area contributed by atoms with Crippen LogP contribution in [0.15, 0.2) is 24.4 Å². The maximum absolute atomic E-state index is 10.5. The molecule has 118 valence electrons. The SMILES string of the molecule is COc1ccc2nccc(CNCC3(O)CCNCC3)c2n1. The molecule has 0 radical (unpaired) electrons. The molecule has 3 N–H and O–H groups in total. The van der Waals surface area contributed by atoms with Gasteiger partial charge in [0, 0.05) is 25.4 Å². The van der Waals surface area contributed by atoms with Crippen LogP contribution in [-0.4, -0.2) is 47.4 Å². The summed E-state index contributed by atoms with van der Waals surface area (Å²) in [4.78, 5) is 8.80. The average Bonchev–Trinajstić information content (AvgIpc) is 2.55. The normalized spacial score (nSPS) is 17.5. The first-order chi connectivity index (χ1) is 10.7. The fourth-order valence-corrected chi connectivity index (χ4v) is 2.82. The van der Waals surface area contributed by atoms with Gasteiger partial charge in [-0.15, -0.1) is 0 Å². The molecule has 1 saturated heterocycles. The molecule has 0 aromatic carbocycles. The molecular formula is C16H22N4O2. The van der Waals surface area contributed by atoms with Crippen molar-refractivity contribution in [2.45, 2.75) is 25.0 Å². The highest BCUT2D eigenvalue weighted by Crippen LogP contribution is 2.19. The van der Waals surface area contributed by atoms with Crippen LogP contribution >= 0.6 is 0 Å². The third-order valence-electron chi connectivity index (χ3n) is 4.15. The van der Waals surface area contributed by atoms with Crippen molar-refractivity contribution in [1.29, 1.82) is 0 Å². The number of nitrogens with one attached hydrogen (secondary N) is 2. The number of methoxy groups -OCH3 is 1. The van der Waals surface area contributed by atoms with E-state index in [9.17, 15) is 5.11 Å². The van der Waals surface area contributed by atoms with E-state index < -0.39 is 5.60 Å². The lowest BCUT2D eigenvalue weighted by Gasteiger charge is -2.32. The Balaban J connectivity index is 1.70. The van der Waals surface area contributed by atoms with Gasteiger partial charge in [-0.3, -0.25) is 4.98 Å². The maximum atomic E-state index is 10.5. The lowest BCUT2D eigenvalue weighted by atomic mass is 9.92. The van der Waals surface area contributed by atoms with E-state index in [1.165, 1.54) is 0 Å². The van der Waals surface area contributed by atoms with Crippen molar-refractivity contribution in [1.82, 2.24) is 20.6 Å². The van der Waals surface area contributed by atoms with Gasteiger partial charge in [-0.2, -0.15) is 0 Å². The lowest BCUT2D eigenvalue weighted by Crippen LogP contribution is -2.48. The third kappa shape index (κ3) is 3.35. The van der Waals surface area contributed by atoms with Gasteiger partial charge in [0.05, 0.1) is 23.7 Å². The number of nitrogens with zero attached hydrogens (tertiary/aromatic N) is 2. The molecule has 3 rings (SSSR count). The van der Waals surface area contributed by atoms with Gasteiger partial charge < -0.3 is 20.5 Å². The Kier molecular flexibility index (Phi) is 4.52. The Morgan fingerprint density at radius 1 is 1.32 bits per heavy atom. The minimum Gasteiger partial charge on any atom is -0.481 e. The number of rotatable bonds is 5. The highest BCUT2D eigenvalue weighted by atomic mass is 16.5. The minimum absolute atomic E-state index is 0.582. The molecule has 0 aliphatic carbocycles. The number of aliphatic hydroxyl groups is 1. The predicted octanol–water partition coefficient (Wildman–Crippen LogP) is 0.842. The van der Waals surface area contributed by atoms with Crippen molar-refractivity contribution in [2.24, 2.45) is 0 Å². The van der Waals surface area contributed by atoms with E-state index in [-0.39, 0.29) is 0 Å². The smallest absolute Gasteiger partial charge is 0.213 e. The van der Waals surface area contributed by atoms with Crippen LogP contribution in [0.5, 0.6) is 5.88 Å². The van der Waals surface area contributed by atoms with Crippen LogP contribution in [-0.2, 0) is 6.54 Å². The van der Waals surface area contributed by atoms with Crippen molar-refractivity contribution < 1.29 is 9.84 Å². The molecule has 1 aliphatic rings. The number of piperidine rings is 1. The van der Waals surface area contributed by atoms with E-state index >= 15 is 0 Å². The summed E-state index contributed by atoms with van der Waals surface area (Å²) in [7, 11) is 1.61. The Bertz CT molecular complexity index is 641. The van der Waals surface area contributed by atoms with Crippen molar-refractivity contribution in [3.05, 3.63) is 30.0 Å². The third-order valence-corrected chi connectivity index (χ3v) is 4.15. The van der Waals surface area contributed by atoms with Crippen molar-refractivity contribution >= 4 is 11.0 Å². The summed E-state index contributed by atoms with van der Waals surface area (Å²) < 4.78 is 5.19. The van der Waals surface area contributed by atoms with Crippen LogP contribution in [0, 0.1) is 0 Å². The predicted molar refractivity (Wildman–Crippen MR) is 84.9 cm³/mol. The van der Waals surface area contributed by atoms with Gasteiger partial charge in [0.1, 0.15) is 0 Å². The number of hydrogen-bond donors (Lipinski definition) is 3. The van der Waals surface area contributed by atoms with E-state index in [1.807, 2.05) is 18.2 Å². The van der Waals surface area contributed by atoms with E-state index in [4.69, 9.17) is 4.74 Å². The second kappa shape index (κ2) is 6.56. The zero-order valence-corrected chi connectivity index (χ0v) is 12.8. The molecule has 1 aliphatic heterocycles. The molecule has 22 heavy (non-hydrogen) atoms. The molecule has 0 spiro atoms. The molecule has 6 nitrogen and oxygen atoms in total. The Hall–Kier alpha value is -1.76. The van der Waals surface area contributed by atoms with E-state index in [1.54, 1.807) is 13.3 Å². The molecule has 2 aromatic rings. The summed E-state index contributed by atoms with van der Waals surface area (Å²) in [6.07, 6.45) is 3.35. The minimum atomic E-state index is -0.612. The van der Waals surface area contributed by atoms with Gasteiger partial charge in [0.25, 0.3) is 0 Å². The summed E-state index contributed by atoms with van der Waals surface area (Å²) in [5.74, 6) is 0.582. The Morgan fingerprint density at radius 2 is 2.14 bits per heavy atom. The van der Waals surface area contributed by atoms with Crippen LogP contribution in [0.25, 0.3) is 11.0 Å². The van der Waals surface area contributed by atoms with Crippen molar-refractivity contribution in [2.75, 3.05) is 26.7 Å². The molecule has 6 heteroatoms. The van der Waals surface area contributed by atoms with E-state index in [2.05, 4.69) is 20.6 Å². The first-order valence-corrected chi connectivity index (χ1v) is 7.63. The molecule has 2 aromatic heterocycles. The summed E-state index contributed by atoms with van der Waals surface area (Å²) in [5.41, 5.74) is 2.13. The van der Waals surface area contributed by atoms with Crippen LogP contribution in [0.3, 0.4) is 0 Å². The quantitative estimate of drug-likeness (QED) is 0.760. The number of pyridine rings is 2. The zero-order chi connectivity index (χ0) is 15.4. The summed E-state index contributed by atoms with van der Waals surface area (Å²) in [6, 6.07) is 5.67. The van der Waals surface area contributed by atoms with Gasteiger partial charge in [0.15, 0.2) is 0 Å². The Labute approximate surface area is 129 Å². The van der Waals surface area contributed by atoms with Crippen molar-refractivity contribution in [3.8, 4) is 5.88 Å². The van der Waals surface area contributed by atoms with Crippen LogP contribution in [0.4, 0.5) is 0 Å². The fourth-order valence-electron chi connectivity index (χ4n) is 2.82. The second-order valence-corrected chi connectivity index (χ2v) is 5.77. The molecule has 1 fully saturated rings. The van der Waals surface area contributed by atoms with Gasteiger partial charge in [0.2, 0.25) is 5.88 Å². The highest BCUT2D eigenvalue weighted by molar-refractivity contribution is 5.78. The largest absolute Gasteiger partial charge is 0.481 e. The number of aromatic nitrogens is 2. The number of hydrogen-bond acceptors (Lipinski definition) is 6. The molecule has 0 atom stereocenters. The van der Waals surface area contributed by atoms with Gasteiger partial charge in [-0.05, 0) is 43.6 Å². The second-order valence-electron chi connectivity index (χ2n) is 5.77. The fraction of sp³-hybridized carbons (Fsp3) is 0.500.